The zero-order valence-electron chi connectivity index (χ0n) is 10.0. The van der Waals surface area contributed by atoms with Gasteiger partial charge in [-0.3, -0.25) is 0 Å². The van der Waals surface area contributed by atoms with Gasteiger partial charge in [0.1, 0.15) is 0 Å². The summed E-state index contributed by atoms with van der Waals surface area (Å²) in [6, 6.07) is 7.36. The molecule has 18 heavy (non-hydrogen) atoms. The lowest BCUT2D eigenvalue weighted by Gasteiger charge is -2.05. The molecular weight excluding hydrogens is 254 g/mol. The third-order valence-electron chi connectivity index (χ3n) is 2.37. The van der Waals surface area contributed by atoms with E-state index in [1.165, 1.54) is 0 Å². The van der Waals surface area contributed by atoms with Gasteiger partial charge in [-0.15, -0.1) is 5.10 Å². The van der Waals surface area contributed by atoms with Crippen LogP contribution < -0.4 is 5.32 Å². The van der Waals surface area contributed by atoms with Crippen molar-refractivity contribution in [2.75, 3.05) is 20.3 Å². The maximum atomic E-state index is 5.84. The van der Waals surface area contributed by atoms with E-state index in [1.54, 1.807) is 23.9 Å². The van der Waals surface area contributed by atoms with Crippen molar-refractivity contribution in [3.8, 4) is 5.69 Å². The summed E-state index contributed by atoms with van der Waals surface area (Å²) in [6.07, 6.45) is 0. The van der Waals surface area contributed by atoms with Gasteiger partial charge in [0.2, 0.25) is 0 Å². The van der Waals surface area contributed by atoms with Crippen molar-refractivity contribution in [1.82, 2.24) is 25.5 Å². The molecule has 1 aromatic carbocycles. The van der Waals surface area contributed by atoms with Gasteiger partial charge in [-0.25, -0.2) is 0 Å². The Hall–Kier alpha value is -1.50. The molecule has 0 atom stereocenters. The van der Waals surface area contributed by atoms with Crippen LogP contribution in [0.3, 0.4) is 0 Å². The van der Waals surface area contributed by atoms with Gasteiger partial charge < -0.3 is 10.1 Å². The van der Waals surface area contributed by atoms with E-state index in [0.29, 0.717) is 18.2 Å². The summed E-state index contributed by atoms with van der Waals surface area (Å²) in [5.41, 5.74) is 0.882. The fourth-order valence-electron chi connectivity index (χ4n) is 1.47. The molecule has 7 heteroatoms. The van der Waals surface area contributed by atoms with Gasteiger partial charge in [-0.05, 0) is 34.7 Å². The fraction of sp³-hybridized carbons (Fsp3) is 0.364. The summed E-state index contributed by atoms with van der Waals surface area (Å²) in [5, 5.41) is 15.5. The summed E-state index contributed by atoms with van der Waals surface area (Å²) >= 11 is 5.84. The van der Waals surface area contributed by atoms with Crippen LogP contribution in [0.15, 0.2) is 24.3 Å². The van der Waals surface area contributed by atoms with E-state index in [2.05, 4.69) is 20.8 Å². The lowest BCUT2D eigenvalue weighted by Crippen LogP contribution is -2.21. The lowest BCUT2D eigenvalue weighted by atomic mass is 10.3. The number of methoxy groups -OCH3 is 1. The molecule has 0 spiro atoms. The van der Waals surface area contributed by atoms with Gasteiger partial charge in [0, 0.05) is 18.7 Å². The molecule has 0 bridgehead atoms. The largest absolute Gasteiger partial charge is 0.383 e. The minimum absolute atomic E-state index is 0.582. The highest BCUT2D eigenvalue weighted by molar-refractivity contribution is 6.30. The summed E-state index contributed by atoms with van der Waals surface area (Å²) in [7, 11) is 1.67. The Balaban J connectivity index is 2.05. The first-order valence-corrected chi connectivity index (χ1v) is 5.92. The number of tetrazole rings is 1. The van der Waals surface area contributed by atoms with Crippen LogP contribution in [-0.2, 0) is 11.3 Å². The number of ether oxygens (including phenoxy) is 1. The molecule has 1 aromatic heterocycles. The Morgan fingerprint density at radius 3 is 2.83 bits per heavy atom. The molecule has 0 radical (unpaired) electrons. The molecule has 1 N–H and O–H groups in total. The molecule has 2 rings (SSSR count). The molecule has 0 saturated heterocycles. The quantitative estimate of drug-likeness (QED) is 0.793. The second-order valence-corrected chi connectivity index (χ2v) is 4.09. The molecule has 0 amide bonds. The molecule has 96 valence electrons. The topological polar surface area (TPSA) is 64.9 Å². The molecule has 0 aliphatic heterocycles. The molecule has 0 aliphatic carbocycles. The first-order chi connectivity index (χ1) is 8.81. The van der Waals surface area contributed by atoms with Crippen LogP contribution in [-0.4, -0.2) is 40.5 Å². The Morgan fingerprint density at radius 2 is 2.11 bits per heavy atom. The summed E-state index contributed by atoms with van der Waals surface area (Å²) < 4.78 is 6.63. The predicted molar refractivity (Wildman–Crippen MR) is 67.7 cm³/mol. The number of nitrogens with one attached hydrogen (secondary N) is 1. The van der Waals surface area contributed by atoms with Crippen LogP contribution in [0, 0.1) is 0 Å². The van der Waals surface area contributed by atoms with Crippen LogP contribution in [0.4, 0.5) is 0 Å². The summed E-state index contributed by atoms with van der Waals surface area (Å²) in [5.74, 6) is 0.744. The smallest absolute Gasteiger partial charge is 0.170 e. The second-order valence-electron chi connectivity index (χ2n) is 3.65. The minimum atomic E-state index is 0.582. The van der Waals surface area contributed by atoms with Crippen LogP contribution in [0.5, 0.6) is 0 Å². The number of aromatic nitrogens is 4. The molecule has 2 aromatic rings. The predicted octanol–water partition coefficient (Wildman–Crippen LogP) is 1.05. The number of rotatable bonds is 6. The molecule has 1 heterocycles. The van der Waals surface area contributed by atoms with Gasteiger partial charge in [0.15, 0.2) is 5.82 Å². The van der Waals surface area contributed by atoms with Crippen LogP contribution in [0.25, 0.3) is 5.69 Å². The van der Waals surface area contributed by atoms with Gasteiger partial charge >= 0.3 is 0 Å². The Bertz CT molecular complexity index is 484. The van der Waals surface area contributed by atoms with E-state index in [1.807, 2.05) is 12.1 Å². The highest BCUT2D eigenvalue weighted by Crippen LogP contribution is 2.13. The summed E-state index contributed by atoms with van der Waals surface area (Å²) in [6.45, 7) is 1.99. The number of hydrogen-bond acceptors (Lipinski definition) is 5. The van der Waals surface area contributed by atoms with Crippen molar-refractivity contribution < 1.29 is 4.74 Å². The van der Waals surface area contributed by atoms with Crippen molar-refractivity contribution in [2.24, 2.45) is 0 Å². The first-order valence-electron chi connectivity index (χ1n) is 5.54. The van der Waals surface area contributed by atoms with E-state index >= 15 is 0 Å². The van der Waals surface area contributed by atoms with Crippen molar-refractivity contribution >= 4 is 11.6 Å². The zero-order chi connectivity index (χ0) is 12.8. The molecule has 0 saturated carbocycles. The third kappa shape index (κ3) is 3.25. The Kier molecular flexibility index (Phi) is 4.63. The maximum absolute atomic E-state index is 5.84. The zero-order valence-corrected chi connectivity index (χ0v) is 10.8. The molecular formula is C11H14ClN5O. The number of halogens is 1. The standard InChI is InChI=1S/C11H14ClN5O/c1-18-7-6-13-8-11-14-15-16-17(11)10-4-2-9(12)3-5-10/h2-5,13H,6-8H2,1H3. The Labute approximate surface area is 110 Å². The first kappa shape index (κ1) is 12.9. The van der Waals surface area contributed by atoms with Crippen LogP contribution in [0.1, 0.15) is 5.82 Å². The monoisotopic (exact) mass is 267 g/mol. The Morgan fingerprint density at radius 1 is 1.33 bits per heavy atom. The average molecular weight is 268 g/mol. The van der Waals surface area contributed by atoms with Crippen molar-refractivity contribution in [2.45, 2.75) is 6.54 Å². The summed E-state index contributed by atoms with van der Waals surface area (Å²) in [4.78, 5) is 0. The maximum Gasteiger partial charge on any atom is 0.170 e. The van der Waals surface area contributed by atoms with Crippen LogP contribution >= 0.6 is 11.6 Å². The van der Waals surface area contributed by atoms with Crippen LogP contribution in [0.2, 0.25) is 5.02 Å². The normalized spacial score (nSPS) is 10.8. The molecule has 0 fully saturated rings. The highest BCUT2D eigenvalue weighted by Gasteiger charge is 2.07. The second kappa shape index (κ2) is 6.44. The molecule has 0 aliphatic rings. The minimum Gasteiger partial charge on any atom is -0.383 e. The van der Waals surface area contributed by atoms with Gasteiger partial charge in [-0.1, -0.05) is 11.6 Å². The number of hydrogen-bond donors (Lipinski definition) is 1. The third-order valence-corrected chi connectivity index (χ3v) is 2.62. The van der Waals surface area contributed by atoms with Gasteiger partial charge in [-0.2, -0.15) is 4.68 Å². The van der Waals surface area contributed by atoms with Crippen molar-refractivity contribution in [3.63, 3.8) is 0 Å². The van der Waals surface area contributed by atoms with Crippen molar-refractivity contribution in [1.29, 1.82) is 0 Å². The van der Waals surface area contributed by atoms with Gasteiger partial charge in [0.05, 0.1) is 18.8 Å². The molecule has 6 nitrogen and oxygen atoms in total. The van der Waals surface area contributed by atoms with E-state index in [9.17, 15) is 0 Å². The van der Waals surface area contributed by atoms with Crippen molar-refractivity contribution in [3.05, 3.63) is 35.1 Å². The highest BCUT2D eigenvalue weighted by atomic mass is 35.5. The van der Waals surface area contributed by atoms with E-state index in [0.717, 1.165) is 18.1 Å². The number of benzene rings is 1. The van der Waals surface area contributed by atoms with Gasteiger partial charge in [0.25, 0.3) is 0 Å². The lowest BCUT2D eigenvalue weighted by molar-refractivity contribution is 0.199. The fourth-order valence-corrected chi connectivity index (χ4v) is 1.60. The molecule has 0 unspecified atom stereocenters. The SMILES string of the molecule is COCCNCc1nnnn1-c1ccc(Cl)cc1. The van der Waals surface area contributed by atoms with E-state index in [4.69, 9.17) is 16.3 Å². The van der Waals surface area contributed by atoms with E-state index < -0.39 is 0 Å². The number of nitrogens with zero attached hydrogens (tertiary/aromatic N) is 4. The average Bonchev–Trinajstić information content (AvgIpc) is 2.84. The van der Waals surface area contributed by atoms with E-state index in [-0.39, 0.29) is 0 Å².